The van der Waals surface area contributed by atoms with E-state index in [1.807, 2.05) is 25.2 Å². The van der Waals surface area contributed by atoms with Crippen LogP contribution in [0.2, 0.25) is 0 Å². The maximum Gasteiger partial charge on any atom is 0.166 e. The lowest BCUT2D eigenvalue weighted by atomic mass is 10.1. The summed E-state index contributed by atoms with van der Waals surface area (Å²) in [6, 6.07) is 12.0. The number of aldehydes is 1. The quantitative estimate of drug-likeness (QED) is 0.667. The number of hydrogen-bond donors (Lipinski definition) is 1. The maximum atomic E-state index is 10.7. The number of rotatable bonds is 2. The molecule has 0 saturated heterocycles. The van der Waals surface area contributed by atoms with E-state index in [0.717, 1.165) is 17.5 Å². The Hall–Kier alpha value is -2.29. The van der Waals surface area contributed by atoms with Crippen LogP contribution in [0.1, 0.15) is 10.5 Å². The lowest BCUT2D eigenvalue weighted by Gasteiger charge is -1.95. The molecule has 0 aliphatic heterocycles. The molecular formula is C14H12N2O. The Morgan fingerprint density at radius 2 is 2.00 bits per heavy atom. The molecule has 84 valence electrons. The third-order valence-corrected chi connectivity index (χ3v) is 3.02. The van der Waals surface area contributed by atoms with E-state index in [0.29, 0.717) is 5.69 Å². The van der Waals surface area contributed by atoms with Gasteiger partial charge in [0.2, 0.25) is 0 Å². The molecule has 2 aromatic heterocycles. The molecule has 0 aliphatic carbocycles. The first-order chi connectivity index (χ1) is 8.29. The van der Waals surface area contributed by atoms with Gasteiger partial charge in [0.05, 0.1) is 5.69 Å². The molecule has 2 heterocycles. The molecule has 3 rings (SSSR count). The highest BCUT2D eigenvalue weighted by Gasteiger charge is 2.09. The van der Waals surface area contributed by atoms with E-state index in [-0.39, 0.29) is 0 Å². The molecule has 17 heavy (non-hydrogen) atoms. The number of nitrogens with zero attached hydrogens (tertiary/aromatic N) is 1. The number of nitrogens with one attached hydrogen (secondary N) is 1. The number of carbonyl (C=O) groups is 1. The van der Waals surface area contributed by atoms with E-state index in [1.165, 1.54) is 10.9 Å². The Morgan fingerprint density at radius 1 is 1.18 bits per heavy atom. The van der Waals surface area contributed by atoms with Crippen LogP contribution in [-0.2, 0) is 7.05 Å². The molecule has 1 aromatic carbocycles. The van der Waals surface area contributed by atoms with Crippen molar-refractivity contribution in [2.45, 2.75) is 0 Å². The van der Waals surface area contributed by atoms with E-state index in [9.17, 15) is 4.79 Å². The van der Waals surface area contributed by atoms with Crippen LogP contribution in [0.3, 0.4) is 0 Å². The topological polar surface area (TPSA) is 37.8 Å². The van der Waals surface area contributed by atoms with Gasteiger partial charge in [-0.1, -0.05) is 18.2 Å². The third-order valence-electron chi connectivity index (χ3n) is 3.02. The highest BCUT2D eigenvalue weighted by Crippen LogP contribution is 2.29. The smallest absolute Gasteiger partial charge is 0.166 e. The van der Waals surface area contributed by atoms with Gasteiger partial charge in [0.1, 0.15) is 0 Å². The van der Waals surface area contributed by atoms with Crippen molar-refractivity contribution in [1.82, 2.24) is 9.55 Å². The average molecular weight is 224 g/mol. The molecule has 0 radical (unpaired) electrons. The van der Waals surface area contributed by atoms with E-state index in [2.05, 4.69) is 27.9 Å². The van der Waals surface area contributed by atoms with Crippen LogP contribution >= 0.6 is 0 Å². The zero-order chi connectivity index (χ0) is 11.8. The fourth-order valence-electron chi connectivity index (χ4n) is 2.19. The molecule has 0 bridgehead atoms. The Bertz CT molecular complexity index is 691. The van der Waals surface area contributed by atoms with Crippen LogP contribution in [-0.4, -0.2) is 15.8 Å². The third kappa shape index (κ3) is 1.47. The van der Waals surface area contributed by atoms with Gasteiger partial charge in [0.15, 0.2) is 6.29 Å². The predicted molar refractivity (Wildman–Crippen MR) is 68.1 cm³/mol. The summed E-state index contributed by atoms with van der Waals surface area (Å²) < 4.78 is 2.09. The van der Waals surface area contributed by atoms with Crippen molar-refractivity contribution in [2.24, 2.45) is 7.05 Å². The van der Waals surface area contributed by atoms with Gasteiger partial charge in [-0.25, -0.2) is 0 Å². The number of para-hydroxylation sites is 1. The van der Waals surface area contributed by atoms with Crippen LogP contribution in [0.4, 0.5) is 0 Å². The van der Waals surface area contributed by atoms with Crippen molar-refractivity contribution in [3.63, 3.8) is 0 Å². The molecule has 1 N–H and O–H groups in total. The SMILES string of the molecule is Cn1cc(-c2ccc(C=O)[nH]2)c2ccccc21. The monoisotopic (exact) mass is 224 g/mol. The number of hydrogen-bond acceptors (Lipinski definition) is 1. The van der Waals surface area contributed by atoms with Crippen LogP contribution in [0.25, 0.3) is 22.2 Å². The normalized spacial score (nSPS) is 10.9. The lowest BCUT2D eigenvalue weighted by Crippen LogP contribution is -1.82. The number of H-pyrrole nitrogens is 1. The van der Waals surface area contributed by atoms with Crippen molar-refractivity contribution < 1.29 is 4.79 Å². The van der Waals surface area contributed by atoms with E-state index in [1.54, 1.807) is 6.07 Å². The summed E-state index contributed by atoms with van der Waals surface area (Å²) in [5.41, 5.74) is 3.89. The van der Waals surface area contributed by atoms with Gasteiger partial charge in [-0.3, -0.25) is 4.79 Å². The molecule has 0 saturated carbocycles. The summed E-state index contributed by atoms with van der Waals surface area (Å²) in [5, 5.41) is 1.19. The van der Waals surface area contributed by atoms with Gasteiger partial charge < -0.3 is 9.55 Å². The van der Waals surface area contributed by atoms with Gasteiger partial charge in [0, 0.05) is 35.4 Å². The second-order valence-electron chi connectivity index (χ2n) is 4.12. The first-order valence-corrected chi connectivity index (χ1v) is 5.48. The summed E-state index contributed by atoms with van der Waals surface area (Å²) in [6.07, 6.45) is 2.90. The van der Waals surface area contributed by atoms with E-state index in [4.69, 9.17) is 0 Å². The van der Waals surface area contributed by atoms with Crippen molar-refractivity contribution in [3.8, 4) is 11.3 Å². The van der Waals surface area contributed by atoms with Gasteiger partial charge >= 0.3 is 0 Å². The molecule has 0 amide bonds. The second-order valence-corrected chi connectivity index (χ2v) is 4.12. The zero-order valence-electron chi connectivity index (χ0n) is 9.47. The Morgan fingerprint density at radius 3 is 2.76 bits per heavy atom. The summed E-state index contributed by atoms with van der Waals surface area (Å²) in [7, 11) is 2.02. The number of benzene rings is 1. The fourth-order valence-corrected chi connectivity index (χ4v) is 2.19. The molecule has 0 spiro atoms. The van der Waals surface area contributed by atoms with Crippen LogP contribution in [0.15, 0.2) is 42.6 Å². The Balaban J connectivity index is 2.26. The molecule has 3 aromatic rings. The predicted octanol–water partition coefficient (Wildman–Crippen LogP) is 2.99. The van der Waals surface area contributed by atoms with Crippen LogP contribution in [0.5, 0.6) is 0 Å². The number of aromatic amines is 1. The minimum Gasteiger partial charge on any atom is -0.352 e. The minimum absolute atomic E-state index is 0.605. The summed E-state index contributed by atoms with van der Waals surface area (Å²) in [6.45, 7) is 0. The van der Waals surface area contributed by atoms with Gasteiger partial charge in [0.25, 0.3) is 0 Å². The molecule has 0 fully saturated rings. The number of aromatic nitrogens is 2. The molecule has 0 atom stereocenters. The summed E-state index contributed by atoms with van der Waals surface area (Å²) >= 11 is 0. The second kappa shape index (κ2) is 3.63. The number of carbonyl (C=O) groups excluding carboxylic acids is 1. The maximum absolute atomic E-state index is 10.7. The van der Waals surface area contributed by atoms with Gasteiger partial charge in [-0.2, -0.15) is 0 Å². The van der Waals surface area contributed by atoms with Crippen molar-refractivity contribution in [1.29, 1.82) is 0 Å². The average Bonchev–Trinajstić information content (AvgIpc) is 2.95. The Kier molecular flexibility index (Phi) is 2.11. The first-order valence-electron chi connectivity index (χ1n) is 5.48. The fraction of sp³-hybridized carbons (Fsp3) is 0.0714. The molecule has 3 nitrogen and oxygen atoms in total. The number of aryl methyl sites for hydroxylation is 1. The largest absolute Gasteiger partial charge is 0.352 e. The van der Waals surface area contributed by atoms with E-state index >= 15 is 0 Å². The highest BCUT2D eigenvalue weighted by molar-refractivity contribution is 5.95. The molecule has 3 heteroatoms. The van der Waals surface area contributed by atoms with Gasteiger partial charge in [-0.05, 0) is 18.2 Å². The van der Waals surface area contributed by atoms with Crippen molar-refractivity contribution >= 4 is 17.2 Å². The molecular weight excluding hydrogens is 212 g/mol. The Labute approximate surface area is 98.7 Å². The summed E-state index contributed by atoms with van der Waals surface area (Å²) in [5.74, 6) is 0. The van der Waals surface area contributed by atoms with E-state index < -0.39 is 0 Å². The first kappa shape index (κ1) is 9.90. The number of fused-ring (bicyclic) bond motifs is 1. The zero-order valence-corrected chi connectivity index (χ0v) is 9.47. The molecule has 0 unspecified atom stereocenters. The summed E-state index contributed by atoms with van der Waals surface area (Å²) in [4.78, 5) is 13.8. The van der Waals surface area contributed by atoms with Gasteiger partial charge in [-0.15, -0.1) is 0 Å². The van der Waals surface area contributed by atoms with Crippen molar-refractivity contribution in [2.75, 3.05) is 0 Å². The standard InChI is InChI=1S/C14H12N2O/c1-16-8-12(11-4-2-3-5-14(11)16)13-7-6-10(9-17)15-13/h2-9,15H,1H3. The van der Waals surface area contributed by atoms with Crippen LogP contribution < -0.4 is 0 Å². The minimum atomic E-state index is 0.605. The van der Waals surface area contributed by atoms with Crippen molar-refractivity contribution in [3.05, 3.63) is 48.3 Å². The highest BCUT2D eigenvalue weighted by atomic mass is 16.1. The molecule has 0 aliphatic rings. The van der Waals surface area contributed by atoms with Crippen LogP contribution in [0, 0.1) is 0 Å². The lowest BCUT2D eigenvalue weighted by molar-refractivity contribution is 0.111.